The minimum absolute atomic E-state index is 0. The van der Waals surface area contributed by atoms with Gasteiger partial charge in [0.25, 0.3) is 0 Å². The van der Waals surface area contributed by atoms with Crippen molar-refractivity contribution >= 4 is 23.9 Å². The van der Waals surface area contributed by atoms with Crippen molar-refractivity contribution in [1.82, 2.24) is 4.90 Å². The molecule has 6 heteroatoms. The molecule has 1 aliphatic heterocycles. The van der Waals surface area contributed by atoms with Crippen LogP contribution in [0.2, 0.25) is 0 Å². The summed E-state index contributed by atoms with van der Waals surface area (Å²) in [5.74, 6) is -0.313. The first kappa shape index (κ1) is 15.3. The van der Waals surface area contributed by atoms with Crippen LogP contribution in [0.5, 0.6) is 5.75 Å². The average molecular weight is 285 g/mol. The van der Waals surface area contributed by atoms with Gasteiger partial charge in [-0.05, 0) is 18.2 Å². The predicted molar refractivity (Wildman–Crippen MR) is 75.6 cm³/mol. The number of morpholine rings is 1. The summed E-state index contributed by atoms with van der Waals surface area (Å²) in [6, 6.07) is 4.45. The number of hydrogen-bond donors (Lipinski definition) is 2. The number of nitrogen functional groups attached to an aromatic ring is 1. The molecule has 0 bridgehead atoms. The molecule has 0 amide bonds. The van der Waals surface area contributed by atoms with Crippen LogP contribution in [0, 0.1) is 0 Å². The first-order valence-electron chi connectivity index (χ1n) is 5.79. The van der Waals surface area contributed by atoms with Gasteiger partial charge in [0, 0.05) is 31.1 Å². The number of aromatic hydroxyl groups is 1. The minimum atomic E-state index is -0.258. The molecule has 104 valence electrons. The van der Waals surface area contributed by atoms with Crippen LogP contribution in [0.3, 0.4) is 0 Å². The number of benzene rings is 1. The number of carbonyl (C=O) groups is 1. The normalized spacial score (nSPS) is 15.3. The third kappa shape index (κ3) is 4.15. The van der Waals surface area contributed by atoms with E-state index in [0.29, 0.717) is 18.9 Å². The Morgan fingerprint density at radius 3 is 2.74 bits per heavy atom. The number of ketones is 1. The summed E-state index contributed by atoms with van der Waals surface area (Å²) in [5.41, 5.74) is 6.27. The average Bonchev–Trinajstić information content (AvgIpc) is 2.40. The largest absolute Gasteiger partial charge is 0.507 e. The van der Waals surface area contributed by atoms with Gasteiger partial charge in [-0.3, -0.25) is 4.79 Å². The van der Waals surface area contributed by atoms with Crippen LogP contribution >= 0.6 is 12.4 Å². The van der Waals surface area contributed by atoms with E-state index in [1.54, 1.807) is 12.3 Å². The van der Waals surface area contributed by atoms with Crippen LogP contribution in [-0.4, -0.2) is 42.1 Å². The molecular weight excluding hydrogens is 268 g/mol. The highest BCUT2D eigenvalue weighted by Gasteiger charge is 2.10. The zero-order valence-corrected chi connectivity index (χ0v) is 11.2. The summed E-state index contributed by atoms with van der Waals surface area (Å²) >= 11 is 0. The summed E-state index contributed by atoms with van der Waals surface area (Å²) in [6.45, 7) is 2.88. The summed E-state index contributed by atoms with van der Waals surface area (Å²) in [4.78, 5) is 13.9. The Balaban J connectivity index is 0.00000180. The van der Waals surface area contributed by atoms with Gasteiger partial charge in [0.15, 0.2) is 5.78 Å². The van der Waals surface area contributed by atoms with E-state index in [4.69, 9.17) is 10.5 Å². The number of allylic oxidation sites excluding steroid dienone is 1. The molecule has 0 aliphatic carbocycles. The molecule has 0 saturated carbocycles. The van der Waals surface area contributed by atoms with Gasteiger partial charge in [-0.1, -0.05) is 0 Å². The highest BCUT2D eigenvalue weighted by atomic mass is 35.5. The van der Waals surface area contributed by atoms with Crippen LogP contribution in [0.15, 0.2) is 30.5 Å². The lowest BCUT2D eigenvalue weighted by molar-refractivity contribution is 0.0591. The number of carbonyl (C=O) groups excluding carboxylic acids is 1. The Bertz CT molecular complexity index is 471. The van der Waals surface area contributed by atoms with Gasteiger partial charge < -0.3 is 20.5 Å². The van der Waals surface area contributed by atoms with E-state index in [9.17, 15) is 9.90 Å². The number of halogens is 1. The maximum absolute atomic E-state index is 11.9. The second-order valence-corrected chi connectivity index (χ2v) is 4.10. The second-order valence-electron chi connectivity index (χ2n) is 4.10. The Kier molecular flexibility index (Phi) is 5.66. The molecule has 3 N–H and O–H groups in total. The fourth-order valence-corrected chi connectivity index (χ4v) is 1.74. The smallest absolute Gasteiger partial charge is 0.191 e. The standard InChI is InChI=1S/C13H16N2O3.ClH/c14-10-1-2-12(16)11(9-10)13(17)3-4-15-5-7-18-8-6-15;/h1-4,9,16H,5-8,14H2;1H. The number of hydrogen-bond acceptors (Lipinski definition) is 5. The van der Waals surface area contributed by atoms with Gasteiger partial charge in [-0.2, -0.15) is 0 Å². The van der Waals surface area contributed by atoms with E-state index in [1.165, 1.54) is 18.2 Å². The van der Waals surface area contributed by atoms with Gasteiger partial charge in [0.2, 0.25) is 0 Å². The van der Waals surface area contributed by atoms with Crippen molar-refractivity contribution in [2.45, 2.75) is 0 Å². The Morgan fingerprint density at radius 1 is 1.37 bits per heavy atom. The summed E-state index contributed by atoms with van der Waals surface area (Å²) in [6.07, 6.45) is 3.17. The van der Waals surface area contributed by atoms with Crippen molar-refractivity contribution < 1.29 is 14.6 Å². The predicted octanol–water partition coefficient (Wildman–Crippen LogP) is 1.42. The third-order valence-electron chi connectivity index (χ3n) is 2.77. The van der Waals surface area contributed by atoms with Crippen LogP contribution in [-0.2, 0) is 4.74 Å². The van der Waals surface area contributed by atoms with Crippen molar-refractivity contribution in [3.8, 4) is 5.75 Å². The monoisotopic (exact) mass is 284 g/mol. The Labute approximate surface area is 118 Å². The maximum Gasteiger partial charge on any atom is 0.191 e. The summed E-state index contributed by atoms with van der Waals surface area (Å²) in [7, 11) is 0. The van der Waals surface area contributed by atoms with Crippen molar-refractivity contribution in [2.24, 2.45) is 0 Å². The second kappa shape index (κ2) is 7.01. The number of phenols is 1. The lowest BCUT2D eigenvalue weighted by Gasteiger charge is -2.24. The van der Waals surface area contributed by atoms with Crippen LogP contribution in [0.1, 0.15) is 10.4 Å². The molecule has 0 atom stereocenters. The number of rotatable bonds is 3. The van der Waals surface area contributed by atoms with E-state index < -0.39 is 0 Å². The summed E-state index contributed by atoms with van der Waals surface area (Å²) in [5, 5.41) is 9.60. The number of nitrogens with zero attached hydrogens (tertiary/aromatic N) is 1. The van der Waals surface area contributed by atoms with Gasteiger partial charge in [-0.15, -0.1) is 12.4 Å². The highest BCUT2D eigenvalue weighted by Crippen LogP contribution is 2.20. The topological polar surface area (TPSA) is 75.8 Å². The van der Waals surface area contributed by atoms with E-state index >= 15 is 0 Å². The molecule has 2 rings (SSSR count). The lowest BCUT2D eigenvalue weighted by atomic mass is 10.1. The van der Waals surface area contributed by atoms with E-state index in [2.05, 4.69) is 0 Å². The SMILES string of the molecule is Cl.Nc1ccc(O)c(C(=O)C=CN2CCOCC2)c1. The fraction of sp³-hybridized carbons (Fsp3) is 0.308. The molecule has 0 spiro atoms. The third-order valence-corrected chi connectivity index (χ3v) is 2.77. The first-order valence-corrected chi connectivity index (χ1v) is 5.79. The molecule has 19 heavy (non-hydrogen) atoms. The van der Waals surface area contributed by atoms with E-state index in [-0.39, 0.29) is 29.5 Å². The molecule has 0 radical (unpaired) electrons. The van der Waals surface area contributed by atoms with E-state index in [1.807, 2.05) is 4.90 Å². The van der Waals surface area contributed by atoms with E-state index in [0.717, 1.165) is 13.1 Å². The summed E-state index contributed by atoms with van der Waals surface area (Å²) < 4.78 is 5.21. The maximum atomic E-state index is 11.9. The molecule has 1 heterocycles. The van der Waals surface area contributed by atoms with Gasteiger partial charge in [-0.25, -0.2) is 0 Å². The first-order chi connectivity index (χ1) is 8.66. The van der Waals surface area contributed by atoms with Crippen molar-refractivity contribution in [3.05, 3.63) is 36.0 Å². The molecule has 1 aliphatic rings. The molecule has 1 saturated heterocycles. The van der Waals surface area contributed by atoms with Crippen LogP contribution in [0.25, 0.3) is 0 Å². The van der Waals surface area contributed by atoms with Gasteiger partial charge in [0.05, 0.1) is 18.8 Å². The van der Waals surface area contributed by atoms with Crippen molar-refractivity contribution in [2.75, 3.05) is 32.0 Å². The Hall–Kier alpha value is -1.72. The lowest BCUT2D eigenvalue weighted by Crippen LogP contribution is -2.32. The van der Waals surface area contributed by atoms with Crippen LogP contribution < -0.4 is 5.73 Å². The minimum Gasteiger partial charge on any atom is -0.507 e. The molecule has 0 aromatic heterocycles. The van der Waals surface area contributed by atoms with Crippen molar-refractivity contribution in [3.63, 3.8) is 0 Å². The molecule has 1 aromatic rings. The molecule has 1 aromatic carbocycles. The molecule has 1 fully saturated rings. The molecule has 5 nitrogen and oxygen atoms in total. The van der Waals surface area contributed by atoms with Crippen molar-refractivity contribution in [1.29, 1.82) is 0 Å². The number of phenolic OH excluding ortho intramolecular Hbond substituents is 1. The Morgan fingerprint density at radius 2 is 2.05 bits per heavy atom. The quantitative estimate of drug-likeness (QED) is 0.380. The number of anilines is 1. The zero-order chi connectivity index (χ0) is 13.0. The van der Waals surface area contributed by atoms with Gasteiger partial charge >= 0.3 is 0 Å². The molecule has 0 unspecified atom stereocenters. The van der Waals surface area contributed by atoms with Crippen LogP contribution in [0.4, 0.5) is 5.69 Å². The number of ether oxygens (including phenoxy) is 1. The highest BCUT2D eigenvalue weighted by molar-refractivity contribution is 6.06. The fourth-order valence-electron chi connectivity index (χ4n) is 1.74. The van der Waals surface area contributed by atoms with Gasteiger partial charge in [0.1, 0.15) is 5.75 Å². The zero-order valence-electron chi connectivity index (χ0n) is 10.4. The number of nitrogens with two attached hydrogens (primary N) is 1. The molecular formula is C13H17ClN2O3.